The average Bonchev–Trinajstić information content (AvgIpc) is 2.77. The lowest BCUT2D eigenvalue weighted by atomic mass is 10.2. The summed E-state index contributed by atoms with van der Waals surface area (Å²) in [4.78, 5) is 0. The first kappa shape index (κ1) is 16.9. The van der Waals surface area contributed by atoms with E-state index in [0.717, 1.165) is 6.54 Å². The highest BCUT2D eigenvalue weighted by Gasteiger charge is 2.20. The van der Waals surface area contributed by atoms with Crippen LogP contribution in [0.2, 0.25) is 0 Å². The summed E-state index contributed by atoms with van der Waals surface area (Å²) in [5.41, 5.74) is 0. The molecule has 1 aromatic rings. The molecule has 1 rings (SSSR count). The summed E-state index contributed by atoms with van der Waals surface area (Å²) in [5.74, 6) is 1.15. The third-order valence-electron chi connectivity index (χ3n) is 2.63. The third kappa shape index (κ3) is 5.48. The van der Waals surface area contributed by atoms with Crippen molar-refractivity contribution in [2.45, 2.75) is 44.9 Å². The molecular formula is C14H24N2O3S. The minimum absolute atomic E-state index is 0.0465. The molecule has 0 aliphatic carbocycles. The van der Waals surface area contributed by atoms with Gasteiger partial charge in [0.2, 0.25) is 5.09 Å². The maximum absolute atomic E-state index is 12.1. The predicted molar refractivity (Wildman–Crippen MR) is 79.9 cm³/mol. The number of furan rings is 1. The van der Waals surface area contributed by atoms with Crippen molar-refractivity contribution >= 4 is 10.0 Å². The molecule has 0 saturated heterocycles. The molecule has 1 unspecified atom stereocenters. The Labute approximate surface area is 121 Å². The maximum Gasteiger partial charge on any atom is 0.274 e. The SMILES string of the molecule is C=CCC(C)NS(=O)(=O)c1ccc(CNCC(C)C)o1. The highest BCUT2D eigenvalue weighted by molar-refractivity contribution is 7.89. The van der Waals surface area contributed by atoms with Crippen LogP contribution >= 0.6 is 0 Å². The van der Waals surface area contributed by atoms with Gasteiger partial charge in [-0.05, 0) is 37.9 Å². The lowest BCUT2D eigenvalue weighted by Crippen LogP contribution is -2.31. The minimum Gasteiger partial charge on any atom is -0.447 e. The highest BCUT2D eigenvalue weighted by Crippen LogP contribution is 2.14. The fourth-order valence-corrected chi connectivity index (χ4v) is 2.91. The van der Waals surface area contributed by atoms with Crippen LogP contribution in [0.4, 0.5) is 0 Å². The summed E-state index contributed by atoms with van der Waals surface area (Å²) in [7, 11) is -3.59. The molecule has 1 heterocycles. The molecule has 0 spiro atoms. The van der Waals surface area contributed by atoms with Crippen molar-refractivity contribution in [1.29, 1.82) is 0 Å². The van der Waals surface area contributed by atoms with Gasteiger partial charge < -0.3 is 9.73 Å². The van der Waals surface area contributed by atoms with Crippen molar-refractivity contribution in [3.05, 3.63) is 30.5 Å². The molecule has 0 radical (unpaired) electrons. The normalized spacial score (nSPS) is 13.6. The van der Waals surface area contributed by atoms with Gasteiger partial charge in [-0.1, -0.05) is 19.9 Å². The van der Waals surface area contributed by atoms with E-state index >= 15 is 0 Å². The van der Waals surface area contributed by atoms with Crippen molar-refractivity contribution < 1.29 is 12.8 Å². The number of hydrogen-bond donors (Lipinski definition) is 2. The first-order valence-corrected chi connectivity index (χ1v) is 8.26. The van der Waals surface area contributed by atoms with E-state index in [2.05, 4.69) is 30.5 Å². The van der Waals surface area contributed by atoms with E-state index in [4.69, 9.17) is 4.42 Å². The van der Waals surface area contributed by atoms with Crippen molar-refractivity contribution in [2.75, 3.05) is 6.54 Å². The zero-order valence-corrected chi connectivity index (χ0v) is 13.2. The summed E-state index contributed by atoms with van der Waals surface area (Å²) in [6, 6.07) is 2.96. The van der Waals surface area contributed by atoms with Crippen LogP contribution in [0.25, 0.3) is 0 Å². The van der Waals surface area contributed by atoms with E-state index in [1.807, 2.05) is 0 Å². The molecule has 0 aliphatic rings. The second kappa shape index (κ2) is 7.61. The van der Waals surface area contributed by atoms with E-state index in [9.17, 15) is 8.42 Å². The molecule has 0 bridgehead atoms. The molecule has 114 valence electrons. The molecule has 0 saturated carbocycles. The molecule has 0 aromatic carbocycles. The first-order chi connectivity index (χ1) is 9.35. The predicted octanol–water partition coefficient (Wildman–Crippen LogP) is 2.27. The third-order valence-corrected chi connectivity index (χ3v) is 4.09. The van der Waals surface area contributed by atoms with Crippen LogP contribution in [0, 0.1) is 5.92 Å². The van der Waals surface area contributed by atoms with Gasteiger partial charge in [-0.3, -0.25) is 0 Å². The van der Waals surface area contributed by atoms with Gasteiger partial charge in [0, 0.05) is 6.04 Å². The fraction of sp³-hybridized carbons (Fsp3) is 0.571. The Balaban J connectivity index is 2.63. The number of hydrogen-bond acceptors (Lipinski definition) is 4. The molecule has 1 atom stereocenters. The highest BCUT2D eigenvalue weighted by atomic mass is 32.2. The summed E-state index contributed by atoms with van der Waals surface area (Å²) in [6.07, 6.45) is 2.25. The van der Waals surface area contributed by atoms with Gasteiger partial charge in [0.1, 0.15) is 5.76 Å². The number of rotatable bonds is 9. The van der Waals surface area contributed by atoms with E-state index in [0.29, 0.717) is 24.6 Å². The second-order valence-electron chi connectivity index (χ2n) is 5.29. The molecule has 2 N–H and O–H groups in total. The zero-order valence-electron chi connectivity index (χ0n) is 12.3. The number of sulfonamides is 1. The van der Waals surface area contributed by atoms with Crippen LogP contribution in [0.5, 0.6) is 0 Å². The van der Waals surface area contributed by atoms with E-state index < -0.39 is 10.0 Å². The van der Waals surface area contributed by atoms with Gasteiger partial charge >= 0.3 is 0 Å². The zero-order chi connectivity index (χ0) is 15.2. The molecule has 5 nitrogen and oxygen atoms in total. The van der Waals surface area contributed by atoms with Crippen molar-refractivity contribution in [2.24, 2.45) is 5.92 Å². The van der Waals surface area contributed by atoms with E-state index in [-0.39, 0.29) is 11.1 Å². The van der Waals surface area contributed by atoms with Gasteiger partial charge in [0.15, 0.2) is 0 Å². The smallest absolute Gasteiger partial charge is 0.274 e. The van der Waals surface area contributed by atoms with Crippen LogP contribution in [-0.4, -0.2) is 21.0 Å². The fourth-order valence-electron chi connectivity index (χ4n) is 1.70. The van der Waals surface area contributed by atoms with E-state index in [1.165, 1.54) is 6.07 Å². The minimum atomic E-state index is -3.59. The molecule has 0 amide bonds. The monoisotopic (exact) mass is 300 g/mol. The Hall–Kier alpha value is -1.11. The second-order valence-corrected chi connectivity index (χ2v) is 6.94. The Morgan fingerprint density at radius 2 is 2.05 bits per heavy atom. The molecule has 0 fully saturated rings. The van der Waals surface area contributed by atoms with Gasteiger partial charge in [0.05, 0.1) is 6.54 Å². The van der Waals surface area contributed by atoms with E-state index in [1.54, 1.807) is 19.1 Å². The van der Waals surface area contributed by atoms with Crippen LogP contribution in [0.3, 0.4) is 0 Å². The topological polar surface area (TPSA) is 71.3 Å². The Morgan fingerprint density at radius 1 is 1.35 bits per heavy atom. The molecule has 0 aliphatic heterocycles. The average molecular weight is 300 g/mol. The lowest BCUT2D eigenvalue weighted by molar-refractivity contribution is 0.393. The quantitative estimate of drug-likeness (QED) is 0.686. The maximum atomic E-state index is 12.1. The van der Waals surface area contributed by atoms with Gasteiger partial charge in [-0.25, -0.2) is 13.1 Å². The number of nitrogens with one attached hydrogen (secondary N) is 2. The van der Waals surface area contributed by atoms with Crippen molar-refractivity contribution in [1.82, 2.24) is 10.0 Å². The molecule has 1 aromatic heterocycles. The first-order valence-electron chi connectivity index (χ1n) is 6.77. The molecule has 6 heteroatoms. The van der Waals surface area contributed by atoms with Crippen LogP contribution in [0.15, 0.2) is 34.3 Å². The summed E-state index contributed by atoms with van der Waals surface area (Å²) >= 11 is 0. The van der Waals surface area contributed by atoms with Crippen molar-refractivity contribution in [3.8, 4) is 0 Å². The summed E-state index contributed by atoms with van der Waals surface area (Å²) in [6.45, 7) is 11.0. The summed E-state index contributed by atoms with van der Waals surface area (Å²) < 4.78 is 32.0. The molecule has 20 heavy (non-hydrogen) atoms. The standard InChI is InChI=1S/C14H24N2O3S/c1-5-6-12(4)16-20(17,18)14-8-7-13(19-14)10-15-9-11(2)3/h5,7-8,11-12,15-16H,1,6,9-10H2,2-4H3. The van der Waals surface area contributed by atoms with Crippen LogP contribution < -0.4 is 10.0 Å². The Morgan fingerprint density at radius 3 is 2.65 bits per heavy atom. The Bertz CT molecular complexity index is 520. The van der Waals surface area contributed by atoms with Crippen LogP contribution in [0.1, 0.15) is 33.0 Å². The van der Waals surface area contributed by atoms with Gasteiger partial charge in [-0.2, -0.15) is 0 Å². The molecular weight excluding hydrogens is 276 g/mol. The summed E-state index contributed by atoms with van der Waals surface area (Å²) in [5, 5.41) is 3.16. The van der Waals surface area contributed by atoms with Crippen molar-refractivity contribution in [3.63, 3.8) is 0 Å². The van der Waals surface area contributed by atoms with Gasteiger partial charge in [-0.15, -0.1) is 6.58 Å². The van der Waals surface area contributed by atoms with Gasteiger partial charge in [0.25, 0.3) is 10.0 Å². The Kier molecular flexibility index (Phi) is 6.45. The lowest BCUT2D eigenvalue weighted by Gasteiger charge is -2.10. The largest absolute Gasteiger partial charge is 0.447 e. The van der Waals surface area contributed by atoms with Crippen LogP contribution in [-0.2, 0) is 16.6 Å².